The van der Waals surface area contributed by atoms with E-state index in [9.17, 15) is 4.79 Å². The number of nitrogens with one attached hydrogen (secondary N) is 1. The Hall–Kier alpha value is -2.95. The predicted octanol–water partition coefficient (Wildman–Crippen LogP) is 3.44. The lowest BCUT2D eigenvalue weighted by molar-refractivity contribution is -0.121. The lowest BCUT2D eigenvalue weighted by Crippen LogP contribution is -2.23. The van der Waals surface area contributed by atoms with Gasteiger partial charge >= 0.3 is 0 Å². The largest absolute Gasteiger partial charge is 0.497 e. The van der Waals surface area contributed by atoms with Crippen LogP contribution in [0, 0.1) is 0 Å². The molecule has 1 heterocycles. The summed E-state index contributed by atoms with van der Waals surface area (Å²) < 4.78 is 12.7. The van der Waals surface area contributed by atoms with E-state index in [1.807, 2.05) is 55.7 Å². The Kier molecular flexibility index (Phi) is 5.46. The average molecular weight is 352 g/mol. The zero-order chi connectivity index (χ0) is 18.5. The minimum absolute atomic E-state index is 0.0239. The van der Waals surface area contributed by atoms with Crippen LogP contribution in [0.2, 0.25) is 0 Å². The van der Waals surface area contributed by atoms with Crippen LogP contribution in [0.25, 0.3) is 10.9 Å². The van der Waals surface area contributed by atoms with Gasteiger partial charge in [-0.1, -0.05) is 18.2 Å². The number of ether oxygens (including phenoxy) is 2. The number of nitrogens with zero attached hydrogens (tertiary/aromatic N) is 1. The van der Waals surface area contributed by atoms with Crippen molar-refractivity contribution in [3.05, 3.63) is 59.8 Å². The van der Waals surface area contributed by atoms with Gasteiger partial charge in [-0.2, -0.15) is 0 Å². The van der Waals surface area contributed by atoms with Gasteiger partial charge < -0.3 is 19.4 Å². The van der Waals surface area contributed by atoms with Gasteiger partial charge in [0.1, 0.15) is 11.5 Å². The molecule has 0 spiro atoms. The zero-order valence-corrected chi connectivity index (χ0v) is 15.4. The molecule has 2 aromatic carbocycles. The van der Waals surface area contributed by atoms with Crippen molar-refractivity contribution in [1.82, 2.24) is 9.88 Å². The van der Waals surface area contributed by atoms with E-state index in [-0.39, 0.29) is 5.91 Å². The van der Waals surface area contributed by atoms with Gasteiger partial charge in [0, 0.05) is 37.1 Å². The monoisotopic (exact) mass is 352 g/mol. The number of carbonyl (C=O) groups excluding carboxylic acids is 1. The first-order chi connectivity index (χ1) is 12.6. The lowest BCUT2D eigenvalue weighted by atomic mass is 10.1. The molecule has 0 aliphatic heterocycles. The fraction of sp³-hybridized carbons (Fsp3) is 0.286. The third-order valence-corrected chi connectivity index (χ3v) is 4.57. The number of fused-ring (bicyclic) bond motifs is 1. The summed E-state index contributed by atoms with van der Waals surface area (Å²) in [5, 5.41) is 4.11. The van der Waals surface area contributed by atoms with Crippen LogP contribution in [0.15, 0.2) is 48.7 Å². The molecular weight excluding hydrogens is 328 g/mol. The van der Waals surface area contributed by atoms with Crippen LogP contribution in [0.1, 0.15) is 17.5 Å². The molecule has 0 atom stereocenters. The molecular formula is C21H24N2O3. The fourth-order valence-electron chi connectivity index (χ4n) is 3.16. The number of aromatic nitrogens is 1. The van der Waals surface area contributed by atoms with Gasteiger partial charge in [-0.15, -0.1) is 0 Å². The summed E-state index contributed by atoms with van der Waals surface area (Å²) in [6.45, 7) is 0.495. The van der Waals surface area contributed by atoms with Crippen molar-refractivity contribution in [2.45, 2.75) is 19.4 Å². The van der Waals surface area contributed by atoms with E-state index in [0.29, 0.717) is 19.4 Å². The van der Waals surface area contributed by atoms with Crippen molar-refractivity contribution in [3.63, 3.8) is 0 Å². The molecule has 0 aliphatic rings. The Labute approximate surface area is 153 Å². The number of amides is 1. The van der Waals surface area contributed by atoms with E-state index in [0.717, 1.165) is 33.5 Å². The van der Waals surface area contributed by atoms with Crippen LogP contribution < -0.4 is 14.8 Å². The van der Waals surface area contributed by atoms with Crippen molar-refractivity contribution in [3.8, 4) is 11.5 Å². The molecule has 0 saturated carbocycles. The summed E-state index contributed by atoms with van der Waals surface area (Å²) in [5.41, 5.74) is 3.23. The Morgan fingerprint density at radius 3 is 2.65 bits per heavy atom. The van der Waals surface area contributed by atoms with Crippen molar-refractivity contribution < 1.29 is 14.3 Å². The van der Waals surface area contributed by atoms with E-state index in [4.69, 9.17) is 9.47 Å². The van der Waals surface area contributed by atoms with Gasteiger partial charge in [-0.25, -0.2) is 0 Å². The Balaban J connectivity index is 1.63. The number of methoxy groups -OCH3 is 2. The lowest BCUT2D eigenvalue weighted by Gasteiger charge is -2.08. The molecule has 3 rings (SSSR count). The van der Waals surface area contributed by atoms with Gasteiger partial charge in [0.2, 0.25) is 5.91 Å². The van der Waals surface area contributed by atoms with Crippen molar-refractivity contribution in [1.29, 1.82) is 0 Å². The van der Waals surface area contributed by atoms with Gasteiger partial charge in [-0.05, 0) is 41.8 Å². The number of para-hydroxylation sites is 1. The van der Waals surface area contributed by atoms with E-state index < -0.39 is 0 Å². The first-order valence-electron chi connectivity index (χ1n) is 8.63. The summed E-state index contributed by atoms with van der Waals surface area (Å²) in [6.07, 6.45) is 3.12. The summed E-state index contributed by atoms with van der Waals surface area (Å²) in [7, 11) is 5.30. The zero-order valence-electron chi connectivity index (χ0n) is 15.4. The van der Waals surface area contributed by atoms with Crippen molar-refractivity contribution >= 4 is 16.8 Å². The Morgan fingerprint density at radius 2 is 1.88 bits per heavy atom. The maximum atomic E-state index is 12.3. The third-order valence-electron chi connectivity index (χ3n) is 4.57. The molecule has 1 N–H and O–H groups in total. The van der Waals surface area contributed by atoms with Gasteiger partial charge in [0.25, 0.3) is 0 Å². The number of benzene rings is 2. The number of hydrogen-bond acceptors (Lipinski definition) is 3. The highest BCUT2D eigenvalue weighted by atomic mass is 16.5. The number of aryl methyl sites for hydroxylation is 2. The molecule has 1 aromatic heterocycles. The highest BCUT2D eigenvalue weighted by Gasteiger charge is 2.10. The highest BCUT2D eigenvalue weighted by molar-refractivity contribution is 5.86. The normalized spacial score (nSPS) is 10.7. The van der Waals surface area contributed by atoms with Crippen molar-refractivity contribution in [2.75, 3.05) is 14.2 Å². The summed E-state index contributed by atoms with van der Waals surface area (Å²) in [6, 6.07) is 13.8. The van der Waals surface area contributed by atoms with E-state index in [1.165, 1.54) is 0 Å². The molecule has 0 unspecified atom stereocenters. The molecule has 0 bridgehead atoms. The predicted molar refractivity (Wildman–Crippen MR) is 103 cm³/mol. The number of hydrogen-bond donors (Lipinski definition) is 1. The maximum absolute atomic E-state index is 12.3. The Bertz CT molecular complexity index is 915. The summed E-state index contributed by atoms with van der Waals surface area (Å²) >= 11 is 0. The van der Waals surface area contributed by atoms with E-state index in [2.05, 4.69) is 9.88 Å². The first-order valence-corrected chi connectivity index (χ1v) is 8.63. The van der Waals surface area contributed by atoms with Crippen LogP contribution in [-0.2, 0) is 24.8 Å². The smallest absolute Gasteiger partial charge is 0.220 e. The summed E-state index contributed by atoms with van der Waals surface area (Å²) in [5.74, 6) is 1.66. The number of rotatable bonds is 7. The molecule has 0 fully saturated rings. The van der Waals surface area contributed by atoms with Gasteiger partial charge in [0.15, 0.2) is 0 Å². The Morgan fingerprint density at radius 1 is 1.08 bits per heavy atom. The molecule has 5 nitrogen and oxygen atoms in total. The number of carbonyl (C=O) groups is 1. The SMILES string of the molecule is COc1ccc2c(c1)c(CNC(=O)CCc1ccccc1OC)cn2C. The maximum Gasteiger partial charge on any atom is 0.220 e. The van der Waals surface area contributed by atoms with Crippen LogP contribution in [0.3, 0.4) is 0 Å². The topological polar surface area (TPSA) is 52.5 Å². The van der Waals surface area contributed by atoms with Crippen LogP contribution in [0.4, 0.5) is 0 Å². The molecule has 26 heavy (non-hydrogen) atoms. The van der Waals surface area contributed by atoms with E-state index in [1.54, 1.807) is 14.2 Å². The molecule has 0 saturated heterocycles. The fourth-order valence-corrected chi connectivity index (χ4v) is 3.16. The molecule has 0 aliphatic carbocycles. The van der Waals surface area contributed by atoms with Crippen LogP contribution >= 0.6 is 0 Å². The second-order valence-corrected chi connectivity index (χ2v) is 6.24. The highest BCUT2D eigenvalue weighted by Crippen LogP contribution is 2.25. The minimum atomic E-state index is 0.0239. The molecule has 0 radical (unpaired) electrons. The second kappa shape index (κ2) is 7.95. The average Bonchev–Trinajstić information content (AvgIpc) is 3.00. The minimum Gasteiger partial charge on any atom is -0.497 e. The van der Waals surface area contributed by atoms with Gasteiger partial charge in [-0.3, -0.25) is 4.79 Å². The van der Waals surface area contributed by atoms with Crippen molar-refractivity contribution in [2.24, 2.45) is 7.05 Å². The molecule has 5 heteroatoms. The molecule has 136 valence electrons. The standard InChI is InChI=1S/C21H24N2O3/c1-23-14-16(18-12-17(25-2)9-10-19(18)23)13-22-21(24)11-8-15-6-4-5-7-20(15)26-3/h4-7,9-10,12,14H,8,11,13H2,1-3H3,(H,22,24). The summed E-state index contributed by atoms with van der Waals surface area (Å²) in [4.78, 5) is 12.3. The van der Waals surface area contributed by atoms with E-state index >= 15 is 0 Å². The first kappa shape index (κ1) is 17.9. The quantitative estimate of drug-likeness (QED) is 0.709. The van der Waals surface area contributed by atoms with Crippen LogP contribution in [-0.4, -0.2) is 24.7 Å². The molecule has 1 amide bonds. The molecule has 3 aromatic rings. The second-order valence-electron chi connectivity index (χ2n) is 6.24. The van der Waals surface area contributed by atoms with Crippen LogP contribution in [0.5, 0.6) is 11.5 Å². The third kappa shape index (κ3) is 3.82. The van der Waals surface area contributed by atoms with Gasteiger partial charge in [0.05, 0.1) is 14.2 Å².